The molecule has 5 atom stereocenters. The summed E-state index contributed by atoms with van der Waals surface area (Å²) in [4.78, 5) is 0. The van der Waals surface area contributed by atoms with Crippen LogP contribution < -0.4 is 0 Å². The fourth-order valence-corrected chi connectivity index (χ4v) is 12.9. The van der Waals surface area contributed by atoms with Crippen molar-refractivity contribution >= 4 is 0 Å². The summed E-state index contributed by atoms with van der Waals surface area (Å²) in [5, 5.41) is 20.5. The Morgan fingerprint density at radius 3 is 0.768 bits per heavy atom. The molecule has 0 radical (unpaired) electrons. The zero-order valence-corrected chi connectivity index (χ0v) is 37.7. The Hall–Kier alpha value is -0.240. The summed E-state index contributed by atoms with van der Waals surface area (Å²) in [6, 6.07) is 0. The van der Waals surface area contributed by atoms with Crippen molar-refractivity contribution in [2.45, 2.75) is 195 Å². The van der Waals surface area contributed by atoms with E-state index in [4.69, 9.17) is 18.9 Å². The quantitative estimate of drug-likeness (QED) is 0.107. The van der Waals surface area contributed by atoms with Gasteiger partial charge in [0.05, 0.1) is 26.4 Å². The first kappa shape index (κ1) is 46.8. The van der Waals surface area contributed by atoms with Gasteiger partial charge in [-0.1, -0.05) is 131 Å². The van der Waals surface area contributed by atoms with E-state index in [0.29, 0.717) is 36.2 Å². The van der Waals surface area contributed by atoms with Crippen molar-refractivity contribution in [1.82, 2.24) is 0 Å². The van der Waals surface area contributed by atoms with Crippen molar-refractivity contribution in [1.29, 1.82) is 0 Å². The first-order valence-corrected chi connectivity index (χ1v) is 24.6. The number of aliphatic hydroxyl groups excluding tert-OH is 2. The van der Waals surface area contributed by atoms with E-state index in [-0.39, 0.29) is 33.7 Å². The third-order valence-corrected chi connectivity index (χ3v) is 18.1. The third-order valence-electron chi connectivity index (χ3n) is 18.1. The zero-order chi connectivity index (χ0) is 40.0. The van der Waals surface area contributed by atoms with E-state index in [2.05, 4.69) is 34.6 Å². The second-order valence-corrected chi connectivity index (χ2v) is 21.5. The van der Waals surface area contributed by atoms with Gasteiger partial charge in [-0.2, -0.15) is 0 Å². The molecule has 6 heteroatoms. The van der Waals surface area contributed by atoms with Gasteiger partial charge in [-0.25, -0.2) is 0 Å². The van der Waals surface area contributed by atoms with Crippen LogP contribution in [0.4, 0.5) is 0 Å². The van der Waals surface area contributed by atoms with Gasteiger partial charge in [0.1, 0.15) is 0 Å². The number of hydrogen-bond acceptors (Lipinski definition) is 6. The smallest absolute Gasteiger partial charge is 0.0525 e. The predicted octanol–water partition coefficient (Wildman–Crippen LogP) is 12.0. The highest BCUT2D eigenvalue weighted by Gasteiger charge is 2.44. The number of aliphatic hydroxyl groups is 2. The van der Waals surface area contributed by atoms with Gasteiger partial charge in [-0.15, -0.1) is 0 Å². The van der Waals surface area contributed by atoms with Crippen LogP contribution >= 0.6 is 0 Å². The van der Waals surface area contributed by atoms with Crippen LogP contribution in [0, 0.1) is 56.7 Å². The van der Waals surface area contributed by atoms with Crippen molar-refractivity contribution in [3.8, 4) is 0 Å². The van der Waals surface area contributed by atoms with E-state index < -0.39 is 0 Å². The molecule has 6 nitrogen and oxygen atoms in total. The van der Waals surface area contributed by atoms with Crippen molar-refractivity contribution in [2.75, 3.05) is 66.1 Å². The van der Waals surface area contributed by atoms with Crippen LogP contribution in [0.1, 0.15) is 195 Å². The molecule has 0 saturated heterocycles. The molecule has 56 heavy (non-hydrogen) atoms. The van der Waals surface area contributed by atoms with E-state index in [1.165, 1.54) is 148 Å². The van der Waals surface area contributed by atoms with E-state index in [9.17, 15) is 10.2 Å². The largest absolute Gasteiger partial charge is 0.396 e. The summed E-state index contributed by atoms with van der Waals surface area (Å²) >= 11 is 0. The molecule has 2 N–H and O–H groups in total. The Morgan fingerprint density at radius 2 is 0.536 bits per heavy atom. The SMILES string of the molecule is CC(COCC1(C(C)COCC2(C(C)COCC3(C(C)COCC4(C(C)CO)CCCCC4)CCCCC3)CCCCC2)CCCCC1)C1(CO)CCCCC1. The zero-order valence-electron chi connectivity index (χ0n) is 37.7. The molecule has 5 fully saturated rings. The topological polar surface area (TPSA) is 77.4 Å². The van der Waals surface area contributed by atoms with Crippen LogP contribution in [-0.2, 0) is 18.9 Å². The minimum absolute atomic E-state index is 0.0586. The van der Waals surface area contributed by atoms with Crippen LogP contribution in [0.15, 0.2) is 0 Å². The van der Waals surface area contributed by atoms with Gasteiger partial charge in [0.2, 0.25) is 0 Å². The Kier molecular flexibility index (Phi) is 18.9. The van der Waals surface area contributed by atoms with Crippen molar-refractivity contribution in [3.63, 3.8) is 0 Å². The molecule has 0 aromatic heterocycles. The summed E-state index contributed by atoms with van der Waals surface area (Å²) in [7, 11) is 0. The summed E-state index contributed by atoms with van der Waals surface area (Å²) < 4.78 is 27.1. The number of hydrogen-bond donors (Lipinski definition) is 2. The van der Waals surface area contributed by atoms with Crippen LogP contribution in [0.2, 0.25) is 0 Å². The lowest BCUT2D eigenvalue weighted by Gasteiger charge is -2.46. The second-order valence-electron chi connectivity index (χ2n) is 21.5. The highest BCUT2D eigenvalue weighted by molar-refractivity contribution is 4.93. The molecule has 0 amide bonds. The highest BCUT2D eigenvalue weighted by Crippen LogP contribution is 2.49. The molecule has 328 valence electrons. The Labute approximate surface area is 346 Å². The van der Waals surface area contributed by atoms with Crippen molar-refractivity contribution < 1.29 is 29.2 Å². The van der Waals surface area contributed by atoms with E-state index in [1.54, 1.807) is 0 Å². The Bertz CT molecular complexity index is 1060. The van der Waals surface area contributed by atoms with Gasteiger partial charge >= 0.3 is 0 Å². The molecular formula is C50H92O6. The van der Waals surface area contributed by atoms with Crippen molar-refractivity contribution in [2.24, 2.45) is 56.7 Å². The van der Waals surface area contributed by atoms with Crippen LogP contribution in [-0.4, -0.2) is 76.3 Å². The lowest BCUT2D eigenvalue weighted by molar-refractivity contribution is -0.101. The minimum Gasteiger partial charge on any atom is -0.396 e. The van der Waals surface area contributed by atoms with E-state index in [1.807, 2.05) is 0 Å². The van der Waals surface area contributed by atoms with Gasteiger partial charge in [0.15, 0.2) is 0 Å². The maximum Gasteiger partial charge on any atom is 0.0525 e. The van der Waals surface area contributed by atoms with Crippen LogP contribution in [0.5, 0.6) is 0 Å². The monoisotopic (exact) mass is 789 g/mol. The predicted molar refractivity (Wildman–Crippen MR) is 231 cm³/mol. The molecule has 0 heterocycles. The summed E-state index contributed by atoms with van der Waals surface area (Å²) in [6.45, 7) is 19.1. The normalized spacial score (nSPS) is 27.5. The third kappa shape index (κ3) is 11.8. The molecular weight excluding hydrogens is 697 g/mol. The van der Waals surface area contributed by atoms with Gasteiger partial charge < -0.3 is 29.2 Å². The van der Waals surface area contributed by atoms with Crippen LogP contribution in [0.25, 0.3) is 0 Å². The van der Waals surface area contributed by atoms with Crippen molar-refractivity contribution in [3.05, 3.63) is 0 Å². The van der Waals surface area contributed by atoms with E-state index >= 15 is 0 Å². The van der Waals surface area contributed by atoms with Gasteiger partial charge in [-0.05, 0) is 121 Å². The van der Waals surface area contributed by atoms with Crippen LogP contribution in [0.3, 0.4) is 0 Å². The molecule has 0 spiro atoms. The average Bonchev–Trinajstić information content (AvgIpc) is 3.24. The van der Waals surface area contributed by atoms with Gasteiger partial charge in [0.25, 0.3) is 0 Å². The average molecular weight is 789 g/mol. The van der Waals surface area contributed by atoms with E-state index in [0.717, 1.165) is 65.7 Å². The van der Waals surface area contributed by atoms with Gasteiger partial charge in [0, 0.05) is 39.6 Å². The fourth-order valence-electron chi connectivity index (χ4n) is 12.9. The molecule has 0 aromatic rings. The second kappa shape index (κ2) is 22.6. The Balaban J connectivity index is 1.12. The molecule has 5 rings (SSSR count). The first-order valence-electron chi connectivity index (χ1n) is 24.6. The Morgan fingerprint density at radius 1 is 0.321 bits per heavy atom. The lowest BCUT2D eigenvalue weighted by Crippen LogP contribution is -2.43. The summed E-state index contributed by atoms with van der Waals surface area (Å²) in [6.07, 6.45) is 31.8. The molecule has 5 unspecified atom stereocenters. The molecule has 0 bridgehead atoms. The molecule has 0 aliphatic heterocycles. The maximum atomic E-state index is 10.4. The molecule has 5 saturated carbocycles. The summed E-state index contributed by atoms with van der Waals surface area (Å²) in [5.74, 6) is 2.13. The number of rotatable bonds is 23. The fraction of sp³-hybridized carbons (Fsp3) is 1.00. The standard InChI is InChI=1S/C50H92O6/c1-41(31-51)47(23-13-7-14-24-47)37-54-33-43(3)49(27-17-9-18-28-49)39-56-35-45(5)50(29-19-10-20-30-50)40-55-34-44(4)48(25-15-8-16-26-48)38-53-32-42(2)46(36-52)21-11-6-12-22-46/h41-45,51-52H,6-40H2,1-5H3. The maximum absolute atomic E-state index is 10.4. The minimum atomic E-state index is 0.0586. The molecule has 5 aliphatic rings. The van der Waals surface area contributed by atoms with Gasteiger partial charge in [-0.3, -0.25) is 0 Å². The highest BCUT2D eigenvalue weighted by atomic mass is 16.5. The number of ether oxygens (including phenoxy) is 4. The summed E-state index contributed by atoms with van der Waals surface area (Å²) in [5.41, 5.74) is 0.815. The molecule has 0 aromatic carbocycles. The lowest BCUT2D eigenvalue weighted by atomic mass is 9.66. The molecule has 5 aliphatic carbocycles. The first-order chi connectivity index (χ1) is 27.1.